The monoisotopic (exact) mass is 340 g/mol. The van der Waals surface area contributed by atoms with Crippen molar-refractivity contribution >= 4 is 5.91 Å². The predicted octanol–water partition coefficient (Wildman–Crippen LogP) is 1.57. The van der Waals surface area contributed by atoms with E-state index in [-0.39, 0.29) is 18.3 Å². The van der Waals surface area contributed by atoms with Crippen LogP contribution in [-0.2, 0) is 24.2 Å². The third-order valence-corrected chi connectivity index (χ3v) is 4.49. The van der Waals surface area contributed by atoms with E-state index in [0.717, 1.165) is 36.3 Å². The summed E-state index contributed by atoms with van der Waals surface area (Å²) in [4.78, 5) is 16.1. The minimum Gasteiger partial charge on any atom is -0.368 e. The molecular formula is C17H17FN6O. The molecule has 0 bridgehead atoms. The van der Waals surface area contributed by atoms with Crippen LogP contribution in [0.4, 0.5) is 4.39 Å². The maximum atomic E-state index is 13.1. The number of halogens is 1. The van der Waals surface area contributed by atoms with Gasteiger partial charge in [0.2, 0.25) is 5.91 Å². The Bertz CT molecular complexity index is 914. The molecule has 1 aliphatic rings. The van der Waals surface area contributed by atoms with E-state index in [1.54, 1.807) is 16.8 Å². The van der Waals surface area contributed by atoms with Gasteiger partial charge in [-0.1, -0.05) is 0 Å². The average Bonchev–Trinajstić information content (AvgIpc) is 3.21. The van der Waals surface area contributed by atoms with Gasteiger partial charge in [-0.25, -0.2) is 14.1 Å². The number of aryl methyl sites for hydroxylation is 1. The summed E-state index contributed by atoms with van der Waals surface area (Å²) in [5, 5.41) is 11.5. The summed E-state index contributed by atoms with van der Waals surface area (Å²) in [5.74, 6) is 0.530. The molecule has 1 amide bonds. The zero-order valence-electron chi connectivity index (χ0n) is 13.4. The summed E-state index contributed by atoms with van der Waals surface area (Å²) in [6, 6.07) is 5.97. The lowest BCUT2D eigenvalue weighted by molar-refractivity contribution is -0.118. The van der Waals surface area contributed by atoms with Crippen molar-refractivity contribution in [1.29, 1.82) is 0 Å². The molecule has 0 saturated heterocycles. The summed E-state index contributed by atoms with van der Waals surface area (Å²) in [6.45, 7) is -0.0295. The van der Waals surface area contributed by atoms with Crippen LogP contribution in [0.15, 0.2) is 30.5 Å². The summed E-state index contributed by atoms with van der Waals surface area (Å²) >= 11 is 0. The van der Waals surface area contributed by atoms with Crippen molar-refractivity contribution in [3.63, 3.8) is 0 Å². The Morgan fingerprint density at radius 2 is 2.16 bits per heavy atom. The Hall–Kier alpha value is -3.03. The van der Waals surface area contributed by atoms with Gasteiger partial charge in [0, 0.05) is 17.2 Å². The van der Waals surface area contributed by atoms with E-state index in [9.17, 15) is 9.18 Å². The fourth-order valence-electron chi connectivity index (χ4n) is 3.28. The number of nitrogens with two attached hydrogens (primary N) is 1. The molecule has 0 aliphatic heterocycles. The second-order valence-corrected chi connectivity index (χ2v) is 6.24. The van der Waals surface area contributed by atoms with Gasteiger partial charge in [0.1, 0.15) is 18.2 Å². The topological polar surface area (TPSA) is 102 Å². The average molecular weight is 340 g/mol. The first-order valence-electron chi connectivity index (χ1n) is 8.10. The number of hydrogen-bond donors (Lipinski definition) is 2. The normalized spacial score (nSPS) is 16.6. The highest BCUT2D eigenvalue weighted by Gasteiger charge is 2.27. The van der Waals surface area contributed by atoms with Crippen LogP contribution >= 0.6 is 0 Å². The number of aromatic amines is 1. The molecule has 3 N–H and O–H groups in total. The maximum absolute atomic E-state index is 13.1. The number of nitrogens with zero attached hydrogens (tertiary/aromatic N) is 4. The van der Waals surface area contributed by atoms with Crippen molar-refractivity contribution in [2.45, 2.75) is 31.7 Å². The van der Waals surface area contributed by atoms with Crippen molar-refractivity contribution in [3.05, 3.63) is 53.4 Å². The number of H-pyrrole nitrogens is 1. The van der Waals surface area contributed by atoms with Crippen molar-refractivity contribution < 1.29 is 9.18 Å². The Morgan fingerprint density at radius 3 is 2.92 bits per heavy atom. The highest BCUT2D eigenvalue weighted by Crippen LogP contribution is 2.32. The summed E-state index contributed by atoms with van der Waals surface area (Å²) in [6.07, 6.45) is 4.37. The summed E-state index contributed by atoms with van der Waals surface area (Å²) in [7, 11) is 0. The predicted molar refractivity (Wildman–Crippen MR) is 88.0 cm³/mol. The zero-order chi connectivity index (χ0) is 17.4. The van der Waals surface area contributed by atoms with Crippen LogP contribution in [-0.4, -0.2) is 30.9 Å². The van der Waals surface area contributed by atoms with Crippen LogP contribution in [0, 0.1) is 5.82 Å². The zero-order valence-corrected chi connectivity index (χ0v) is 13.4. The van der Waals surface area contributed by atoms with Crippen molar-refractivity contribution in [1.82, 2.24) is 25.0 Å². The van der Waals surface area contributed by atoms with E-state index in [1.807, 2.05) is 6.20 Å². The molecule has 8 heteroatoms. The third kappa shape index (κ3) is 3.02. The molecule has 0 spiro atoms. The first-order chi connectivity index (χ1) is 12.1. The number of aromatic nitrogens is 5. The first kappa shape index (κ1) is 15.5. The largest absolute Gasteiger partial charge is 0.368 e. The molecule has 2 aromatic heterocycles. The van der Waals surface area contributed by atoms with Crippen LogP contribution < -0.4 is 5.73 Å². The number of primary amides is 1. The van der Waals surface area contributed by atoms with Gasteiger partial charge in [0.15, 0.2) is 5.82 Å². The lowest BCUT2D eigenvalue weighted by Gasteiger charge is -2.21. The molecule has 1 aromatic carbocycles. The molecule has 1 atom stereocenters. The number of nitrogens with one attached hydrogen (secondary N) is 1. The van der Waals surface area contributed by atoms with Gasteiger partial charge in [0.25, 0.3) is 0 Å². The van der Waals surface area contributed by atoms with Gasteiger partial charge < -0.3 is 5.73 Å². The van der Waals surface area contributed by atoms with Crippen molar-refractivity contribution in [2.75, 3.05) is 0 Å². The molecule has 2 heterocycles. The van der Waals surface area contributed by atoms with Gasteiger partial charge in [-0.3, -0.25) is 9.89 Å². The first-order valence-corrected chi connectivity index (χ1v) is 8.10. The molecule has 128 valence electrons. The van der Waals surface area contributed by atoms with Crippen LogP contribution in [0.1, 0.15) is 29.4 Å². The van der Waals surface area contributed by atoms with Gasteiger partial charge in [0.05, 0.1) is 6.20 Å². The second-order valence-electron chi connectivity index (χ2n) is 6.24. The van der Waals surface area contributed by atoms with Crippen molar-refractivity contribution in [3.8, 4) is 11.4 Å². The lowest BCUT2D eigenvalue weighted by Crippen LogP contribution is -2.24. The number of carbonyl (C=O) groups excluding carboxylic acids is 1. The Morgan fingerprint density at radius 1 is 1.36 bits per heavy atom. The van der Waals surface area contributed by atoms with E-state index >= 15 is 0 Å². The van der Waals surface area contributed by atoms with Crippen LogP contribution in [0.3, 0.4) is 0 Å². The third-order valence-electron chi connectivity index (χ3n) is 4.49. The molecule has 0 fully saturated rings. The summed E-state index contributed by atoms with van der Waals surface area (Å²) in [5.41, 5.74) is 8.37. The van der Waals surface area contributed by atoms with Crippen LogP contribution in [0.2, 0.25) is 0 Å². The fraction of sp³-hybridized carbons (Fsp3) is 0.294. The highest BCUT2D eigenvalue weighted by atomic mass is 19.1. The molecule has 3 aromatic rings. The molecule has 1 unspecified atom stereocenters. The van der Waals surface area contributed by atoms with Gasteiger partial charge in [-0.15, -0.1) is 0 Å². The maximum Gasteiger partial charge on any atom is 0.239 e. The standard InChI is InChI=1S/C17H17FN6O/c18-13-4-1-10(2-5-13)16-21-17(24(23-16)9-15(19)25)11-3-6-14-12(7-11)8-20-22-14/h1-2,4-5,8,11H,3,6-7,9H2,(H2,19,25)(H,20,22). The van der Waals surface area contributed by atoms with Crippen LogP contribution in [0.5, 0.6) is 0 Å². The molecule has 1 aliphatic carbocycles. The number of rotatable bonds is 4. The minimum absolute atomic E-state index is 0.0295. The van der Waals surface area contributed by atoms with E-state index in [2.05, 4.69) is 20.3 Å². The smallest absolute Gasteiger partial charge is 0.239 e. The van der Waals surface area contributed by atoms with E-state index in [4.69, 9.17) is 5.73 Å². The van der Waals surface area contributed by atoms with Crippen LogP contribution in [0.25, 0.3) is 11.4 Å². The molecule has 0 saturated carbocycles. The number of hydrogen-bond acceptors (Lipinski definition) is 4. The number of amides is 1. The lowest BCUT2D eigenvalue weighted by atomic mass is 9.87. The molecule has 0 radical (unpaired) electrons. The molecule has 7 nitrogen and oxygen atoms in total. The van der Waals surface area contributed by atoms with Crippen molar-refractivity contribution in [2.24, 2.45) is 5.73 Å². The van der Waals surface area contributed by atoms with Gasteiger partial charge in [-0.05, 0) is 49.1 Å². The van der Waals surface area contributed by atoms with Gasteiger partial charge in [-0.2, -0.15) is 10.2 Å². The molecule has 25 heavy (non-hydrogen) atoms. The SMILES string of the molecule is NC(=O)Cn1nc(-c2ccc(F)cc2)nc1C1CCc2[nH]ncc2C1. The summed E-state index contributed by atoms with van der Waals surface area (Å²) < 4.78 is 14.7. The minimum atomic E-state index is -0.475. The Kier molecular flexibility index (Phi) is 3.79. The van der Waals surface area contributed by atoms with Gasteiger partial charge >= 0.3 is 0 Å². The number of carbonyl (C=O) groups is 1. The molecule has 4 rings (SSSR count). The van der Waals surface area contributed by atoms with E-state index in [1.165, 1.54) is 12.1 Å². The Labute approximate surface area is 143 Å². The number of benzene rings is 1. The quantitative estimate of drug-likeness (QED) is 0.752. The number of fused-ring (bicyclic) bond motifs is 1. The van der Waals surface area contributed by atoms with E-state index < -0.39 is 5.91 Å². The Balaban J connectivity index is 1.70. The second kappa shape index (κ2) is 6.12. The van der Waals surface area contributed by atoms with E-state index in [0.29, 0.717) is 11.4 Å². The molecular weight excluding hydrogens is 323 g/mol. The fourth-order valence-corrected chi connectivity index (χ4v) is 3.28. The highest BCUT2D eigenvalue weighted by molar-refractivity contribution is 5.73.